The van der Waals surface area contributed by atoms with Crippen LogP contribution < -0.4 is 5.32 Å². The predicted octanol–water partition coefficient (Wildman–Crippen LogP) is 3.88. The van der Waals surface area contributed by atoms with Gasteiger partial charge in [0.15, 0.2) is 0 Å². The average Bonchev–Trinajstić information content (AvgIpc) is 3.47. The molecule has 1 aromatic heterocycles. The fourth-order valence-electron chi connectivity index (χ4n) is 5.04. The van der Waals surface area contributed by atoms with Gasteiger partial charge in [0.05, 0.1) is 5.92 Å². The molecule has 0 bridgehead atoms. The second-order valence-electron chi connectivity index (χ2n) is 8.44. The normalized spacial score (nSPS) is 24.8. The molecule has 0 radical (unpaired) electrons. The molecule has 2 atom stereocenters. The average molecular weight is 364 g/mol. The second-order valence-corrected chi connectivity index (χ2v) is 8.44. The molecule has 0 saturated heterocycles. The minimum Gasteiger partial charge on any atom is -0.361 e. The number of hydrogen-bond donors (Lipinski definition) is 2. The Morgan fingerprint density at radius 2 is 2.11 bits per heavy atom. The molecular weight excluding hydrogens is 334 g/mol. The number of hydrogen-bond acceptors (Lipinski definition) is 2. The monoisotopic (exact) mass is 363 g/mol. The van der Waals surface area contributed by atoms with Crippen LogP contribution in [0.5, 0.6) is 0 Å². The first kappa shape index (κ1) is 17.1. The van der Waals surface area contributed by atoms with Crippen molar-refractivity contribution in [3.63, 3.8) is 0 Å². The smallest absolute Gasteiger partial charge is 0.228 e. The molecule has 2 aromatic rings. The van der Waals surface area contributed by atoms with Crippen LogP contribution in [0.3, 0.4) is 0 Å². The molecule has 4 heteroatoms. The van der Waals surface area contributed by atoms with Gasteiger partial charge in [0.2, 0.25) is 5.91 Å². The van der Waals surface area contributed by atoms with Crippen molar-refractivity contribution in [3.8, 4) is 0 Å². The van der Waals surface area contributed by atoms with Crippen molar-refractivity contribution in [2.75, 3.05) is 6.54 Å². The number of aromatic nitrogens is 1. The van der Waals surface area contributed by atoms with Crippen molar-refractivity contribution in [3.05, 3.63) is 41.6 Å². The van der Waals surface area contributed by atoms with Crippen LogP contribution in [-0.4, -0.2) is 40.5 Å². The van der Waals surface area contributed by atoms with Crippen LogP contribution in [0.15, 0.2) is 30.5 Å². The highest BCUT2D eigenvalue weighted by Crippen LogP contribution is 2.44. The van der Waals surface area contributed by atoms with E-state index in [0.717, 1.165) is 25.8 Å². The molecule has 3 aliphatic rings. The lowest BCUT2D eigenvalue weighted by Gasteiger charge is -2.42. The quantitative estimate of drug-likeness (QED) is 0.847. The Bertz CT molecular complexity index is 903. The summed E-state index contributed by atoms with van der Waals surface area (Å²) in [5.74, 6) is 0.153. The largest absolute Gasteiger partial charge is 0.361 e. The van der Waals surface area contributed by atoms with Gasteiger partial charge in [0, 0.05) is 41.8 Å². The zero-order valence-electron chi connectivity index (χ0n) is 16.3. The van der Waals surface area contributed by atoms with Crippen molar-refractivity contribution < 1.29 is 4.79 Å². The van der Waals surface area contributed by atoms with Crippen molar-refractivity contribution in [1.29, 1.82) is 0 Å². The van der Waals surface area contributed by atoms with E-state index in [-0.39, 0.29) is 17.9 Å². The Kier molecular flexibility index (Phi) is 4.12. The Hall–Kier alpha value is -2.07. The molecule has 27 heavy (non-hydrogen) atoms. The van der Waals surface area contributed by atoms with Gasteiger partial charge >= 0.3 is 0 Å². The summed E-state index contributed by atoms with van der Waals surface area (Å²) in [5, 5.41) is 4.64. The van der Waals surface area contributed by atoms with Gasteiger partial charge in [-0.15, -0.1) is 0 Å². The number of benzene rings is 1. The van der Waals surface area contributed by atoms with Gasteiger partial charge in [-0.3, -0.25) is 9.69 Å². The molecule has 1 saturated carbocycles. The Balaban J connectivity index is 1.54. The maximum absolute atomic E-state index is 13.0. The second kappa shape index (κ2) is 6.52. The summed E-state index contributed by atoms with van der Waals surface area (Å²) in [6.07, 6.45) is 10.1. The number of H-pyrrole nitrogens is 1. The third kappa shape index (κ3) is 2.82. The summed E-state index contributed by atoms with van der Waals surface area (Å²) in [5.41, 5.74) is 5.33. The molecule has 2 N–H and O–H groups in total. The fourth-order valence-corrected chi connectivity index (χ4v) is 5.04. The van der Waals surface area contributed by atoms with Crippen LogP contribution in [-0.2, 0) is 11.2 Å². The fraction of sp³-hybridized carbons (Fsp3) is 0.522. The van der Waals surface area contributed by atoms with Gasteiger partial charge in [0.25, 0.3) is 0 Å². The van der Waals surface area contributed by atoms with Crippen molar-refractivity contribution in [2.45, 2.75) is 64.1 Å². The molecule has 2 aliphatic carbocycles. The van der Waals surface area contributed by atoms with Gasteiger partial charge < -0.3 is 10.3 Å². The lowest BCUT2D eigenvalue weighted by atomic mass is 9.79. The summed E-state index contributed by atoms with van der Waals surface area (Å²) in [4.78, 5) is 19.1. The van der Waals surface area contributed by atoms with Crippen LogP contribution in [0, 0.1) is 5.92 Å². The molecule has 1 fully saturated rings. The third-order valence-electron chi connectivity index (χ3n) is 6.74. The van der Waals surface area contributed by atoms with E-state index in [9.17, 15) is 4.79 Å². The zero-order valence-corrected chi connectivity index (χ0v) is 16.3. The minimum atomic E-state index is -0.0480. The van der Waals surface area contributed by atoms with Crippen LogP contribution in [0.25, 0.3) is 16.5 Å². The minimum absolute atomic E-state index is 0.0480. The highest BCUT2D eigenvalue weighted by molar-refractivity contribution is 5.99. The van der Waals surface area contributed by atoms with Crippen molar-refractivity contribution in [1.82, 2.24) is 15.2 Å². The van der Waals surface area contributed by atoms with Crippen molar-refractivity contribution in [2.24, 2.45) is 5.92 Å². The first-order chi connectivity index (χ1) is 13.2. The molecule has 2 heterocycles. The maximum atomic E-state index is 13.0. The van der Waals surface area contributed by atoms with E-state index in [0.29, 0.717) is 12.1 Å². The van der Waals surface area contributed by atoms with Gasteiger partial charge in [-0.1, -0.05) is 32.1 Å². The van der Waals surface area contributed by atoms with Crippen LogP contribution in [0.4, 0.5) is 0 Å². The molecule has 142 valence electrons. The van der Waals surface area contributed by atoms with Crippen molar-refractivity contribution >= 4 is 22.4 Å². The summed E-state index contributed by atoms with van der Waals surface area (Å²) in [6.45, 7) is 5.16. The Labute approximate surface area is 161 Å². The Morgan fingerprint density at radius 1 is 1.30 bits per heavy atom. The van der Waals surface area contributed by atoms with Gasteiger partial charge in [-0.05, 0) is 54.9 Å². The number of aromatic amines is 1. The highest BCUT2D eigenvalue weighted by atomic mass is 16.2. The van der Waals surface area contributed by atoms with E-state index in [4.69, 9.17) is 0 Å². The molecule has 0 spiro atoms. The molecule has 4 nitrogen and oxygen atoms in total. The zero-order chi connectivity index (χ0) is 18.5. The number of rotatable bonds is 5. The molecule has 5 rings (SSSR count). The molecule has 0 unspecified atom stereocenters. The van der Waals surface area contributed by atoms with Gasteiger partial charge in [-0.25, -0.2) is 0 Å². The van der Waals surface area contributed by atoms with E-state index >= 15 is 0 Å². The van der Waals surface area contributed by atoms with E-state index in [1.807, 2.05) is 0 Å². The molecular formula is C23H29N3O. The first-order valence-corrected chi connectivity index (χ1v) is 10.6. The van der Waals surface area contributed by atoms with Crippen LogP contribution in [0.1, 0.15) is 50.7 Å². The number of fused-ring (bicyclic) bond motifs is 2. The molecule has 1 aromatic carbocycles. The number of amides is 1. The van der Waals surface area contributed by atoms with Gasteiger partial charge in [-0.2, -0.15) is 0 Å². The van der Waals surface area contributed by atoms with E-state index in [1.54, 1.807) is 0 Å². The standard InChI is InChI=1S/C23H29N3O/c1-3-16(4-2)25-23(27)15-10-19-18-6-5-7-20-22(18)14(12-24-20)11-21(19)26(13-15)17-8-9-17/h5-7,10,12,15-17,21,24H,3-4,8-9,11,13H2,1-2H3,(H,25,27)/t15-,21-/m1/s1. The predicted molar refractivity (Wildman–Crippen MR) is 109 cm³/mol. The number of nitrogens with one attached hydrogen (secondary N) is 2. The van der Waals surface area contributed by atoms with E-state index < -0.39 is 0 Å². The number of nitrogens with zero attached hydrogens (tertiary/aromatic N) is 1. The topological polar surface area (TPSA) is 48.1 Å². The molecule has 1 amide bonds. The SMILES string of the molecule is CCC(CC)NC(=O)[C@@H]1C=C2c3cccc4[nH]cc(c34)C[C@H]2N(C2CC2)C1. The summed E-state index contributed by atoms with van der Waals surface area (Å²) in [7, 11) is 0. The lowest BCUT2D eigenvalue weighted by Crippen LogP contribution is -2.50. The summed E-state index contributed by atoms with van der Waals surface area (Å²) < 4.78 is 0. The third-order valence-corrected chi connectivity index (χ3v) is 6.74. The van der Waals surface area contributed by atoms with E-state index in [2.05, 4.69) is 59.5 Å². The molecule has 1 aliphatic heterocycles. The number of carbonyl (C=O) groups excluding carboxylic acids is 1. The summed E-state index contributed by atoms with van der Waals surface area (Å²) in [6, 6.07) is 7.89. The highest BCUT2D eigenvalue weighted by Gasteiger charge is 2.43. The lowest BCUT2D eigenvalue weighted by molar-refractivity contribution is -0.125. The van der Waals surface area contributed by atoms with Crippen LogP contribution in [0.2, 0.25) is 0 Å². The van der Waals surface area contributed by atoms with Gasteiger partial charge in [0.1, 0.15) is 0 Å². The number of carbonyl (C=O) groups is 1. The van der Waals surface area contributed by atoms with Crippen LogP contribution >= 0.6 is 0 Å². The first-order valence-electron chi connectivity index (χ1n) is 10.6. The summed E-state index contributed by atoms with van der Waals surface area (Å²) >= 11 is 0. The van der Waals surface area contributed by atoms with E-state index in [1.165, 1.54) is 40.4 Å². The Morgan fingerprint density at radius 3 is 2.85 bits per heavy atom. The maximum Gasteiger partial charge on any atom is 0.228 e.